The highest BCUT2D eigenvalue weighted by Crippen LogP contribution is 2.23. The molecule has 2 rings (SSSR count). The van der Waals surface area contributed by atoms with Gasteiger partial charge in [-0.05, 0) is 41.3 Å². The van der Waals surface area contributed by atoms with Crippen molar-refractivity contribution in [1.29, 1.82) is 0 Å². The summed E-state index contributed by atoms with van der Waals surface area (Å²) in [5, 5.41) is 2.98. The minimum atomic E-state index is -3.79. The smallest absolute Gasteiger partial charge is 0.241 e. The van der Waals surface area contributed by atoms with Gasteiger partial charge in [-0.1, -0.05) is 50.6 Å². The van der Waals surface area contributed by atoms with Gasteiger partial charge < -0.3 is 5.32 Å². The van der Waals surface area contributed by atoms with Crippen molar-refractivity contribution in [2.45, 2.75) is 31.1 Å². The Morgan fingerprint density at radius 1 is 1.08 bits per heavy atom. The second kappa shape index (κ2) is 7.56. The van der Waals surface area contributed by atoms with Crippen LogP contribution in [-0.4, -0.2) is 20.9 Å². The van der Waals surface area contributed by atoms with Gasteiger partial charge in [0.15, 0.2) is 0 Å². The first kappa shape index (κ1) is 19.4. The third-order valence-electron chi connectivity index (χ3n) is 3.56. The molecule has 0 aromatic heterocycles. The van der Waals surface area contributed by atoms with Gasteiger partial charge in [0.2, 0.25) is 15.9 Å². The minimum Gasteiger partial charge on any atom is -0.325 e. The largest absolute Gasteiger partial charge is 0.325 e. The molecule has 134 valence electrons. The molecule has 0 fully saturated rings. The molecule has 0 unspecified atom stereocenters. The van der Waals surface area contributed by atoms with Gasteiger partial charge in [0.1, 0.15) is 0 Å². The summed E-state index contributed by atoms with van der Waals surface area (Å²) in [6, 6.07) is 13.3. The van der Waals surface area contributed by atoms with E-state index in [1.54, 1.807) is 18.2 Å². The molecule has 0 atom stereocenters. The number of rotatable bonds is 5. The maximum absolute atomic E-state index is 12.1. The van der Waals surface area contributed by atoms with E-state index in [4.69, 9.17) is 11.6 Å². The minimum absolute atomic E-state index is 0.0160. The quantitative estimate of drug-likeness (QED) is 0.832. The molecular formula is C18H21ClN2O3S. The van der Waals surface area contributed by atoms with Gasteiger partial charge in [-0.15, -0.1) is 0 Å². The van der Waals surface area contributed by atoms with Gasteiger partial charge >= 0.3 is 0 Å². The van der Waals surface area contributed by atoms with Crippen molar-refractivity contribution < 1.29 is 13.2 Å². The predicted molar refractivity (Wildman–Crippen MR) is 100 cm³/mol. The Kier molecular flexibility index (Phi) is 5.87. The van der Waals surface area contributed by atoms with Gasteiger partial charge in [-0.2, -0.15) is 0 Å². The summed E-state index contributed by atoms with van der Waals surface area (Å²) in [6.07, 6.45) is 0. The topological polar surface area (TPSA) is 75.3 Å². The second-order valence-electron chi connectivity index (χ2n) is 6.66. The zero-order chi connectivity index (χ0) is 18.7. The molecule has 0 radical (unpaired) electrons. The summed E-state index contributed by atoms with van der Waals surface area (Å²) in [6.45, 7) is 5.94. The van der Waals surface area contributed by atoms with E-state index >= 15 is 0 Å². The molecule has 0 heterocycles. The molecule has 0 aliphatic heterocycles. The zero-order valence-electron chi connectivity index (χ0n) is 14.3. The molecule has 5 nitrogen and oxygen atoms in total. The van der Waals surface area contributed by atoms with Crippen LogP contribution in [0.15, 0.2) is 53.4 Å². The third-order valence-corrected chi connectivity index (χ3v) is 5.20. The first-order valence-corrected chi connectivity index (χ1v) is 9.60. The van der Waals surface area contributed by atoms with Gasteiger partial charge in [0, 0.05) is 10.7 Å². The lowest BCUT2D eigenvalue weighted by Gasteiger charge is -2.19. The molecule has 2 N–H and O–H groups in total. The normalized spacial score (nSPS) is 12.0. The van der Waals surface area contributed by atoms with Gasteiger partial charge in [0.25, 0.3) is 0 Å². The average Bonchev–Trinajstić information content (AvgIpc) is 2.53. The molecular weight excluding hydrogens is 360 g/mol. The molecule has 0 saturated carbocycles. The van der Waals surface area contributed by atoms with Crippen LogP contribution >= 0.6 is 11.6 Å². The Balaban J connectivity index is 1.96. The summed E-state index contributed by atoms with van der Waals surface area (Å²) in [4.78, 5) is 12.0. The lowest BCUT2D eigenvalue weighted by atomic mass is 9.87. The molecule has 2 aromatic rings. The van der Waals surface area contributed by atoms with E-state index in [0.717, 1.165) is 5.56 Å². The number of amides is 1. The second-order valence-corrected chi connectivity index (χ2v) is 8.86. The Hall–Kier alpha value is -1.89. The number of hydrogen-bond donors (Lipinski definition) is 2. The zero-order valence-corrected chi connectivity index (χ0v) is 15.9. The van der Waals surface area contributed by atoms with Crippen LogP contribution in [0.5, 0.6) is 0 Å². The fourth-order valence-corrected chi connectivity index (χ4v) is 3.42. The van der Waals surface area contributed by atoms with Crippen LogP contribution in [0, 0.1) is 0 Å². The summed E-state index contributed by atoms with van der Waals surface area (Å²) in [5.41, 5.74) is 1.78. The number of carbonyl (C=O) groups is 1. The third kappa shape index (κ3) is 5.56. The van der Waals surface area contributed by atoms with Crippen molar-refractivity contribution in [1.82, 2.24) is 4.72 Å². The highest BCUT2D eigenvalue weighted by Gasteiger charge is 2.16. The molecule has 0 spiro atoms. The Morgan fingerprint density at radius 3 is 2.28 bits per heavy atom. The van der Waals surface area contributed by atoms with E-state index in [0.29, 0.717) is 10.7 Å². The van der Waals surface area contributed by atoms with Gasteiger partial charge in [-0.25, -0.2) is 13.1 Å². The van der Waals surface area contributed by atoms with E-state index in [1.807, 2.05) is 12.1 Å². The maximum Gasteiger partial charge on any atom is 0.241 e. The lowest BCUT2D eigenvalue weighted by Crippen LogP contribution is -2.32. The van der Waals surface area contributed by atoms with E-state index < -0.39 is 15.9 Å². The van der Waals surface area contributed by atoms with E-state index in [1.165, 1.54) is 18.2 Å². The molecule has 1 amide bonds. The van der Waals surface area contributed by atoms with E-state index in [2.05, 4.69) is 30.8 Å². The van der Waals surface area contributed by atoms with Crippen molar-refractivity contribution in [3.8, 4) is 0 Å². The number of sulfonamides is 1. The molecule has 0 aliphatic carbocycles. The van der Waals surface area contributed by atoms with Crippen LogP contribution in [0.3, 0.4) is 0 Å². The van der Waals surface area contributed by atoms with Crippen molar-refractivity contribution in [2.75, 3.05) is 11.9 Å². The summed E-state index contributed by atoms with van der Waals surface area (Å²) < 4.78 is 26.6. The summed E-state index contributed by atoms with van der Waals surface area (Å²) in [5.74, 6) is -0.450. The van der Waals surface area contributed by atoms with Crippen molar-refractivity contribution in [3.05, 3.63) is 59.1 Å². The molecule has 2 aromatic carbocycles. The first-order valence-electron chi connectivity index (χ1n) is 7.73. The number of carbonyl (C=O) groups excluding carboxylic acids is 1. The number of halogens is 1. The number of nitrogens with one attached hydrogen (secondary N) is 2. The van der Waals surface area contributed by atoms with Crippen LogP contribution in [-0.2, 0) is 20.2 Å². The van der Waals surface area contributed by atoms with Crippen LogP contribution in [0.1, 0.15) is 26.3 Å². The predicted octanol–water partition coefficient (Wildman–Crippen LogP) is 3.55. The van der Waals surface area contributed by atoms with Gasteiger partial charge in [-0.3, -0.25) is 4.79 Å². The van der Waals surface area contributed by atoms with Crippen LogP contribution < -0.4 is 10.0 Å². The highest BCUT2D eigenvalue weighted by atomic mass is 35.5. The Bertz CT molecular complexity index is 857. The van der Waals surface area contributed by atoms with Crippen molar-refractivity contribution >= 4 is 33.2 Å². The van der Waals surface area contributed by atoms with E-state index in [9.17, 15) is 13.2 Å². The maximum atomic E-state index is 12.1. The fourth-order valence-electron chi connectivity index (χ4n) is 2.14. The lowest BCUT2D eigenvalue weighted by molar-refractivity contribution is -0.115. The summed E-state index contributed by atoms with van der Waals surface area (Å²) >= 11 is 5.79. The summed E-state index contributed by atoms with van der Waals surface area (Å²) in [7, 11) is -3.79. The first-order chi connectivity index (χ1) is 11.6. The number of anilines is 1. The highest BCUT2D eigenvalue weighted by molar-refractivity contribution is 7.89. The van der Waals surface area contributed by atoms with Crippen LogP contribution in [0.25, 0.3) is 0 Å². The van der Waals surface area contributed by atoms with Crippen molar-refractivity contribution in [2.24, 2.45) is 0 Å². The standard InChI is InChI=1S/C18H21ClN2O3S/c1-18(2,3)13-7-9-15(10-8-13)21-17(22)12-20-25(23,24)16-6-4-5-14(19)11-16/h4-11,20H,12H2,1-3H3,(H,21,22). The van der Waals surface area contributed by atoms with Crippen LogP contribution in [0.2, 0.25) is 5.02 Å². The monoisotopic (exact) mass is 380 g/mol. The number of benzene rings is 2. The van der Waals surface area contributed by atoms with Gasteiger partial charge in [0.05, 0.1) is 11.4 Å². The molecule has 0 aliphatic rings. The molecule has 0 bridgehead atoms. The Morgan fingerprint density at radius 2 is 1.72 bits per heavy atom. The van der Waals surface area contributed by atoms with Crippen molar-refractivity contribution in [3.63, 3.8) is 0 Å². The SMILES string of the molecule is CC(C)(C)c1ccc(NC(=O)CNS(=O)(=O)c2cccc(Cl)c2)cc1. The average molecular weight is 381 g/mol. The fraction of sp³-hybridized carbons (Fsp3) is 0.278. The number of hydrogen-bond acceptors (Lipinski definition) is 3. The molecule has 25 heavy (non-hydrogen) atoms. The molecule has 0 saturated heterocycles. The Labute approximate surface area is 153 Å². The van der Waals surface area contributed by atoms with Crippen LogP contribution in [0.4, 0.5) is 5.69 Å². The van der Waals surface area contributed by atoms with E-state index in [-0.39, 0.29) is 16.9 Å². The molecule has 7 heteroatoms.